The Morgan fingerprint density at radius 3 is 2.59 bits per heavy atom. The average molecular weight is 436 g/mol. The van der Waals surface area contributed by atoms with Gasteiger partial charge in [0, 0.05) is 23.7 Å². The lowest BCUT2D eigenvalue weighted by Gasteiger charge is -2.27. The molecule has 0 amide bonds. The first-order chi connectivity index (χ1) is 13.8. The molecule has 0 saturated heterocycles. The van der Waals surface area contributed by atoms with E-state index >= 15 is 0 Å². The summed E-state index contributed by atoms with van der Waals surface area (Å²) in [5.41, 5.74) is 3.67. The van der Waals surface area contributed by atoms with Gasteiger partial charge >= 0.3 is 5.97 Å². The quantitative estimate of drug-likeness (QED) is 0.580. The summed E-state index contributed by atoms with van der Waals surface area (Å²) in [5.74, 6) is -1.04. The van der Waals surface area contributed by atoms with Crippen LogP contribution in [-0.4, -0.2) is 37.2 Å². The number of carbonyl (C=O) groups is 1. The minimum atomic E-state index is -3.66. The van der Waals surface area contributed by atoms with E-state index in [4.69, 9.17) is 16.7 Å². The van der Waals surface area contributed by atoms with E-state index in [0.717, 1.165) is 28.3 Å². The van der Waals surface area contributed by atoms with Gasteiger partial charge < -0.3 is 10.2 Å². The van der Waals surface area contributed by atoms with Crippen LogP contribution in [0.2, 0.25) is 5.02 Å². The number of sulfonamides is 1. The second kappa shape index (κ2) is 9.09. The van der Waals surface area contributed by atoms with Gasteiger partial charge in [-0.1, -0.05) is 23.7 Å². The lowest BCUT2D eigenvalue weighted by Crippen LogP contribution is -2.39. The van der Waals surface area contributed by atoms with Crippen molar-refractivity contribution in [1.29, 1.82) is 0 Å². The highest BCUT2D eigenvalue weighted by atomic mass is 35.5. The van der Waals surface area contributed by atoms with Crippen LogP contribution in [0.15, 0.2) is 47.4 Å². The third-order valence-corrected chi connectivity index (χ3v) is 6.76. The van der Waals surface area contributed by atoms with Gasteiger partial charge in [0.2, 0.25) is 10.0 Å². The molecule has 6 nitrogen and oxygen atoms in total. The summed E-state index contributed by atoms with van der Waals surface area (Å²) >= 11 is 5.83. The Hall–Kier alpha value is -2.19. The monoisotopic (exact) mass is 435 g/mol. The van der Waals surface area contributed by atoms with Crippen molar-refractivity contribution in [3.8, 4) is 0 Å². The first-order valence-corrected chi connectivity index (χ1v) is 11.1. The van der Waals surface area contributed by atoms with Crippen molar-refractivity contribution >= 4 is 33.7 Å². The minimum Gasteiger partial charge on any atom is -0.478 e. The van der Waals surface area contributed by atoms with Gasteiger partial charge in [0.25, 0.3) is 0 Å². The predicted molar refractivity (Wildman–Crippen MR) is 111 cm³/mol. The van der Waals surface area contributed by atoms with Crippen LogP contribution in [0, 0.1) is 0 Å². The van der Waals surface area contributed by atoms with E-state index < -0.39 is 16.0 Å². The van der Waals surface area contributed by atoms with Crippen molar-refractivity contribution in [2.24, 2.45) is 0 Å². The van der Waals surface area contributed by atoms with Gasteiger partial charge in [-0.25, -0.2) is 17.9 Å². The summed E-state index contributed by atoms with van der Waals surface area (Å²) in [6, 6.07) is 9.55. The molecule has 1 aliphatic carbocycles. The van der Waals surface area contributed by atoms with Crippen molar-refractivity contribution in [3.05, 3.63) is 69.8 Å². The fourth-order valence-electron chi connectivity index (χ4n) is 3.63. The molecule has 1 aliphatic rings. The summed E-state index contributed by atoms with van der Waals surface area (Å²) in [5, 5.41) is 18.7. The highest BCUT2D eigenvalue weighted by Crippen LogP contribution is 2.29. The van der Waals surface area contributed by atoms with E-state index in [1.54, 1.807) is 6.08 Å². The van der Waals surface area contributed by atoms with Crippen molar-refractivity contribution in [2.75, 3.05) is 6.61 Å². The number of aliphatic carboxylic acids is 1. The number of carboxylic acid groups (broad SMARTS) is 1. The molecule has 0 bridgehead atoms. The molecule has 0 spiro atoms. The summed E-state index contributed by atoms with van der Waals surface area (Å²) in [6.07, 6.45) is 4.79. The zero-order valence-corrected chi connectivity index (χ0v) is 17.2. The molecular formula is C21H22ClNO5S. The number of hydrogen-bond acceptors (Lipinski definition) is 4. The fraction of sp³-hybridized carbons (Fsp3) is 0.286. The normalized spacial score (nSPS) is 16.7. The van der Waals surface area contributed by atoms with Crippen LogP contribution >= 0.6 is 11.6 Å². The third kappa shape index (κ3) is 5.25. The second-order valence-electron chi connectivity index (χ2n) is 6.94. The largest absolute Gasteiger partial charge is 0.478 e. The SMILES string of the molecule is O=C(O)C=Cc1c(CCO)ccc2c1CCC(NS(=O)(=O)c1ccc(Cl)cc1)C2. The maximum absolute atomic E-state index is 12.6. The first-order valence-electron chi connectivity index (χ1n) is 9.23. The van der Waals surface area contributed by atoms with Crippen LogP contribution < -0.4 is 4.72 Å². The smallest absolute Gasteiger partial charge is 0.328 e. The molecule has 1 unspecified atom stereocenters. The predicted octanol–water partition coefficient (Wildman–Crippen LogP) is 2.81. The molecule has 0 aromatic heterocycles. The molecule has 3 rings (SSSR count). The highest BCUT2D eigenvalue weighted by Gasteiger charge is 2.26. The molecule has 0 heterocycles. The number of rotatable bonds is 7. The van der Waals surface area contributed by atoms with E-state index in [1.807, 2.05) is 12.1 Å². The molecule has 154 valence electrons. The maximum atomic E-state index is 12.6. The van der Waals surface area contributed by atoms with Crippen molar-refractivity contribution < 1.29 is 23.4 Å². The Balaban J connectivity index is 1.84. The van der Waals surface area contributed by atoms with Crippen molar-refractivity contribution in [2.45, 2.75) is 36.6 Å². The Kier molecular flexibility index (Phi) is 6.74. The molecule has 29 heavy (non-hydrogen) atoms. The van der Waals surface area contributed by atoms with Crippen LogP contribution in [0.1, 0.15) is 28.7 Å². The summed E-state index contributed by atoms with van der Waals surface area (Å²) in [6.45, 7) is -0.0315. The number of aliphatic hydroxyl groups is 1. The lowest BCUT2D eigenvalue weighted by molar-refractivity contribution is -0.131. The number of halogens is 1. The van der Waals surface area contributed by atoms with E-state index in [0.29, 0.717) is 30.7 Å². The Bertz CT molecular complexity index is 1030. The zero-order valence-electron chi connectivity index (χ0n) is 15.6. The summed E-state index contributed by atoms with van der Waals surface area (Å²) in [4.78, 5) is 11.1. The van der Waals surface area contributed by atoms with Gasteiger partial charge in [-0.2, -0.15) is 0 Å². The number of hydrogen-bond donors (Lipinski definition) is 3. The zero-order chi connectivity index (χ0) is 21.0. The molecular weight excluding hydrogens is 414 g/mol. The van der Waals surface area contributed by atoms with Gasteiger partial charge in [0.15, 0.2) is 0 Å². The molecule has 0 saturated carbocycles. The van der Waals surface area contributed by atoms with E-state index in [2.05, 4.69) is 4.72 Å². The van der Waals surface area contributed by atoms with Crippen LogP contribution in [0.5, 0.6) is 0 Å². The van der Waals surface area contributed by atoms with Crippen LogP contribution in [0.3, 0.4) is 0 Å². The van der Waals surface area contributed by atoms with Crippen LogP contribution in [-0.2, 0) is 34.1 Å². The standard InChI is InChI=1S/C21H22ClNO5S/c22-16-3-6-18(7-4-16)29(27,28)23-17-5-8-20-15(13-17)2-1-14(11-12-24)19(20)9-10-21(25)26/h1-4,6-7,9-10,17,23-24H,5,8,11-13H2,(H,25,26). The second-order valence-corrected chi connectivity index (χ2v) is 9.09. The van der Waals surface area contributed by atoms with Crippen LogP contribution in [0.4, 0.5) is 0 Å². The molecule has 3 N–H and O–H groups in total. The molecule has 2 aromatic carbocycles. The number of benzene rings is 2. The first kappa shape index (κ1) is 21.5. The van der Waals surface area contributed by atoms with E-state index in [-0.39, 0.29) is 17.5 Å². The maximum Gasteiger partial charge on any atom is 0.328 e. The molecule has 0 radical (unpaired) electrons. The summed E-state index contributed by atoms with van der Waals surface area (Å²) in [7, 11) is -3.66. The fourth-order valence-corrected chi connectivity index (χ4v) is 5.03. The Labute approximate surface area is 174 Å². The number of carboxylic acids is 1. The topological polar surface area (TPSA) is 104 Å². The van der Waals surface area contributed by atoms with Gasteiger partial charge in [0.1, 0.15) is 0 Å². The Morgan fingerprint density at radius 2 is 1.93 bits per heavy atom. The third-order valence-electron chi connectivity index (χ3n) is 4.97. The number of aliphatic hydroxyl groups excluding tert-OH is 1. The van der Waals surface area contributed by atoms with Gasteiger partial charge in [-0.05, 0) is 78.3 Å². The molecule has 2 aromatic rings. The summed E-state index contributed by atoms with van der Waals surface area (Å²) < 4.78 is 28.1. The minimum absolute atomic E-state index is 0.0315. The molecule has 0 fully saturated rings. The Morgan fingerprint density at radius 1 is 1.21 bits per heavy atom. The highest BCUT2D eigenvalue weighted by molar-refractivity contribution is 7.89. The van der Waals surface area contributed by atoms with E-state index in [1.165, 1.54) is 24.3 Å². The van der Waals surface area contributed by atoms with Crippen molar-refractivity contribution in [3.63, 3.8) is 0 Å². The lowest BCUT2D eigenvalue weighted by atomic mass is 9.83. The van der Waals surface area contributed by atoms with Gasteiger partial charge in [-0.15, -0.1) is 0 Å². The van der Waals surface area contributed by atoms with Crippen molar-refractivity contribution in [1.82, 2.24) is 4.72 Å². The molecule has 8 heteroatoms. The van der Waals surface area contributed by atoms with Gasteiger partial charge in [0.05, 0.1) is 4.90 Å². The van der Waals surface area contributed by atoms with E-state index in [9.17, 15) is 18.3 Å². The van der Waals surface area contributed by atoms with Crippen LogP contribution in [0.25, 0.3) is 6.08 Å². The average Bonchev–Trinajstić information content (AvgIpc) is 2.67. The molecule has 0 aliphatic heterocycles. The number of nitrogens with one attached hydrogen (secondary N) is 1. The molecule has 1 atom stereocenters. The number of fused-ring (bicyclic) bond motifs is 1. The van der Waals surface area contributed by atoms with Gasteiger partial charge in [-0.3, -0.25) is 0 Å².